The number of aryl methyl sites for hydroxylation is 2. The van der Waals surface area contributed by atoms with Crippen LogP contribution in [0.3, 0.4) is 0 Å². The molecule has 0 bridgehead atoms. The molecule has 4 heteroatoms. The Morgan fingerprint density at radius 3 is 2.82 bits per heavy atom. The fraction of sp³-hybridized carbons (Fsp3) is 0.769. The lowest BCUT2D eigenvalue weighted by Crippen LogP contribution is -2.33. The molecule has 1 aromatic rings. The summed E-state index contributed by atoms with van der Waals surface area (Å²) in [7, 11) is 3.81. The molecule has 1 heterocycles. The van der Waals surface area contributed by atoms with E-state index in [9.17, 15) is 0 Å². The van der Waals surface area contributed by atoms with Crippen LogP contribution in [0.4, 0.5) is 0 Å². The van der Waals surface area contributed by atoms with Gasteiger partial charge < -0.3 is 14.6 Å². The van der Waals surface area contributed by atoms with Gasteiger partial charge in [-0.1, -0.05) is 6.92 Å². The molecule has 0 amide bonds. The van der Waals surface area contributed by atoms with Crippen LogP contribution in [0.5, 0.6) is 0 Å². The molecule has 2 atom stereocenters. The van der Waals surface area contributed by atoms with Gasteiger partial charge in [0.1, 0.15) is 5.82 Å². The Morgan fingerprint density at radius 2 is 2.29 bits per heavy atom. The number of ether oxygens (including phenoxy) is 1. The first kappa shape index (κ1) is 14.2. The molecule has 0 spiro atoms. The molecule has 17 heavy (non-hydrogen) atoms. The van der Waals surface area contributed by atoms with E-state index in [0.29, 0.717) is 12.1 Å². The number of imidazole rings is 1. The molecule has 0 aliphatic carbocycles. The van der Waals surface area contributed by atoms with E-state index < -0.39 is 0 Å². The van der Waals surface area contributed by atoms with Crippen molar-refractivity contribution >= 4 is 0 Å². The predicted octanol–water partition coefficient (Wildman–Crippen LogP) is 1.76. The van der Waals surface area contributed by atoms with Gasteiger partial charge in [-0.3, -0.25) is 0 Å². The zero-order chi connectivity index (χ0) is 12.7. The second kappa shape index (κ2) is 7.45. The standard InChI is InChI=1S/C13H25N3O/c1-5-14-12(10-11(2)17-4)6-7-13-15-8-9-16(13)3/h8-9,11-12,14H,5-7,10H2,1-4H3. The second-order valence-corrected chi connectivity index (χ2v) is 4.53. The first-order chi connectivity index (χ1) is 8.17. The Hall–Kier alpha value is -0.870. The fourth-order valence-corrected chi connectivity index (χ4v) is 2.03. The Labute approximate surface area is 104 Å². The zero-order valence-corrected chi connectivity index (χ0v) is 11.4. The van der Waals surface area contributed by atoms with Crippen LogP contribution in [0.2, 0.25) is 0 Å². The summed E-state index contributed by atoms with van der Waals surface area (Å²) in [4.78, 5) is 4.35. The average molecular weight is 239 g/mol. The minimum absolute atomic E-state index is 0.306. The molecule has 0 saturated carbocycles. The summed E-state index contributed by atoms with van der Waals surface area (Å²) < 4.78 is 7.41. The van der Waals surface area contributed by atoms with Gasteiger partial charge in [0.05, 0.1) is 6.10 Å². The summed E-state index contributed by atoms with van der Waals surface area (Å²) in [6.07, 6.45) is 7.32. The number of hydrogen-bond acceptors (Lipinski definition) is 3. The van der Waals surface area contributed by atoms with Crippen molar-refractivity contribution in [1.82, 2.24) is 14.9 Å². The summed E-state index contributed by atoms with van der Waals surface area (Å²) in [6.45, 7) is 5.26. The molecule has 0 aliphatic heterocycles. The quantitative estimate of drug-likeness (QED) is 0.751. The van der Waals surface area contributed by atoms with Gasteiger partial charge in [-0.15, -0.1) is 0 Å². The van der Waals surface area contributed by atoms with Gasteiger partial charge in [-0.25, -0.2) is 4.98 Å². The van der Waals surface area contributed by atoms with Crippen LogP contribution >= 0.6 is 0 Å². The molecule has 2 unspecified atom stereocenters. The molecule has 1 aromatic heterocycles. The first-order valence-corrected chi connectivity index (χ1v) is 6.39. The lowest BCUT2D eigenvalue weighted by molar-refractivity contribution is 0.0994. The molecule has 98 valence electrons. The van der Waals surface area contributed by atoms with Gasteiger partial charge in [-0.05, 0) is 26.3 Å². The highest BCUT2D eigenvalue weighted by Crippen LogP contribution is 2.09. The van der Waals surface area contributed by atoms with E-state index in [1.165, 1.54) is 0 Å². The summed E-state index contributed by atoms with van der Waals surface area (Å²) >= 11 is 0. The lowest BCUT2D eigenvalue weighted by Gasteiger charge is -2.21. The minimum Gasteiger partial charge on any atom is -0.382 e. The number of nitrogens with zero attached hydrogens (tertiary/aromatic N) is 2. The van der Waals surface area contributed by atoms with Crippen LogP contribution in [0, 0.1) is 0 Å². The van der Waals surface area contributed by atoms with Crippen molar-refractivity contribution in [3.8, 4) is 0 Å². The molecule has 0 aromatic carbocycles. The number of rotatable bonds is 8. The summed E-state index contributed by atoms with van der Waals surface area (Å²) in [5.74, 6) is 1.15. The summed E-state index contributed by atoms with van der Waals surface area (Å²) in [5.41, 5.74) is 0. The molecule has 1 rings (SSSR count). The van der Waals surface area contributed by atoms with E-state index >= 15 is 0 Å². The van der Waals surface area contributed by atoms with Crippen molar-refractivity contribution in [3.05, 3.63) is 18.2 Å². The first-order valence-electron chi connectivity index (χ1n) is 6.39. The summed E-state index contributed by atoms with van der Waals surface area (Å²) in [5, 5.41) is 3.51. The molecular weight excluding hydrogens is 214 g/mol. The van der Waals surface area contributed by atoms with E-state index in [2.05, 4.69) is 28.7 Å². The largest absolute Gasteiger partial charge is 0.382 e. The van der Waals surface area contributed by atoms with Gasteiger partial charge in [0.25, 0.3) is 0 Å². The average Bonchev–Trinajstić information content (AvgIpc) is 2.72. The van der Waals surface area contributed by atoms with Gasteiger partial charge in [0, 0.05) is 39.0 Å². The normalized spacial score (nSPS) is 14.8. The number of methoxy groups -OCH3 is 1. The van der Waals surface area contributed by atoms with Gasteiger partial charge in [0.15, 0.2) is 0 Å². The number of hydrogen-bond donors (Lipinski definition) is 1. The molecule has 4 nitrogen and oxygen atoms in total. The smallest absolute Gasteiger partial charge is 0.108 e. The zero-order valence-electron chi connectivity index (χ0n) is 11.4. The third kappa shape index (κ3) is 4.88. The van der Waals surface area contributed by atoms with E-state index in [-0.39, 0.29) is 0 Å². The third-order valence-corrected chi connectivity index (χ3v) is 3.15. The molecule has 0 saturated heterocycles. The van der Waals surface area contributed by atoms with Crippen molar-refractivity contribution in [3.63, 3.8) is 0 Å². The maximum atomic E-state index is 5.33. The highest BCUT2D eigenvalue weighted by atomic mass is 16.5. The monoisotopic (exact) mass is 239 g/mol. The van der Waals surface area contributed by atoms with E-state index in [1.54, 1.807) is 7.11 Å². The van der Waals surface area contributed by atoms with Crippen LogP contribution in [0.15, 0.2) is 12.4 Å². The van der Waals surface area contributed by atoms with E-state index in [0.717, 1.165) is 31.6 Å². The van der Waals surface area contributed by atoms with Crippen molar-refractivity contribution in [1.29, 1.82) is 0 Å². The minimum atomic E-state index is 0.306. The van der Waals surface area contributed by atoms with E-state index in [4.69, 9.17) is 4.74 Å². The topological polar surface area (TPSA) is 39.1 Å². The van der Waals surface area contributed by atoms with Crippen LogP contribution in [0.1, 0.15) is 32.5 Å². The maximum Gasteiger partial charge on any atom is 0.108 e. The maximum absolute atomic E-state index is 5.33. The van der Waals surface area contributed by atoms with E-state index in [1.807, 2.05) is 19.4 Å². The Bertz CT molecular complexity index is 311. The van der Waals surface area contributed by atoms with Crippen LogP contribution in [0.25, 0.3) is 0 Å². The number of aromatic nitrogens is 2. The lowest BCUT2D eigenvalue weighted by atomic mass is 10.0. The van der Waals surface area contributed by atoms with Gasteiger partial charge >= 0.3 is 0 Å². The molecule has 0 aliphatic rings. The Morgan fingerprint density at radius 1 is 1.53 bits per heavy atom. The van der Waals surface area contributed by atoms with Crippen LogP contribution in [-0.4, -0.2) is 35.4 Å². The number of nitrogens with one attached hydrogen (secondary N) is 1. The van der Waals surface area contributed by atoms with Crippen molar-refractivity contribution in [2.24, 2.45) is 7.05 Å². The van der Waals surface area contributed by atoms with Gasteiger partial charge in [-0.2, -0.15) is 0 Å². The Kier molecular flexibility index (Phi) is 6.22. The molecule has 1 N–H and O–H groups in total. The fourth-order valence-electron chi connectivity index (χ4n) is 2.03. The van der Waals surface area contributed by atoms with Crippen molar-refractivity contribution < 1.29 is 4.74 Å². The second-order valence-electron chi connectivity index (χ2n) is 4.53. The molecule has 0 radical (unpaired) electrons. The SMILES string of the molecule is CCNC(CCc1nccn1C)CC(C)OC. The highest BCUT2D eigenvalue weighted by molar-refractivity contribution is 4.92. The molecule has 0 fully saturated rings. The predicted molar refractivity (Wildman–Crippen MR) is 70.1 cm³/mol. The van der Waals surface area contributed by atoms with Crippen LogP contribution in [-0.2, 0) is 18.2 Å². The van der Waals surface area contributed by atoms with Crippen molar-refractivity contribution in [2.45, 2.75) is 45.3 Å². The van der Waals surface area contributed by atoms with Crippen molar-refractivity contribution in [2.75, 3.05) is 13.7 Å². The van der Waals surface area contributed by atoms with Gasteiger partial charge in [0.2, 0.25) is 0 Å². The molecular formula is C13H25N3O. The third-order valence-electron chi connectivity index (χ3n) is 3.15. The van der Waals surface area contributed by atoms with Crippen LogP contribution < -0.4 is 5.32 Å². The highest BCUT2D eigenvalue weighted by Gasteiger charge is 2.12. The Balaban J connectivity index is 2.41. The summed E-state index contributed by atoms with van der Waals surface area (Å²) in [6, 6.07) is 0.506.